The summed E-state index contributed by atoms with van der Waals surface area (Å²) < 4.78 is 0.376. The maximum Gasteiger partial charge on any atom is 0.326 e. The van der Waals surface area contributed by atoms with Crippen LogP contribution >= 0.6 is 24.0 Å². The van der Waals surface area contributed by atoms with E-state index in [1.165, 1.54) is 16.7 Å². The van der Waals surface area contributed by atoms with Gasteiger partial charge in [0, 0.05) is 19.4 Å². The molecular weight excluding hydrogens is 444 g/mol. The van der Waals surface area contributed by atoms with Crippen LogP contribution in [-0.4, -0.2) is 44.7 Å². The van der Waals surface area contributed by atoms with Crippen molar-refractivity contribution in [2.24, 2.45) is 0 Å². The van der Waals surface area contributed by atoms with Gasteiger partial charge in [0.1, 0.15) is 10.4 Å². The van der Waals surface area contributed by atoms with E-state index in [9.17, 15) is 19.5 Å². The number of carbonyl (C=O) groups is 3. The van der Waals surface area contributed by atoms with Crippen molar-refractivity contribution in [1.29, 1.82) is 0 Å². The summed E-state index contributed by atoms with van der Waals surface area (Å²) in [6, 6.07) is 17.7. The molecule has 2 amide bonds. The first-order chi connectivity index (χ1) is 15.4. The normalized spacial score (nSPS) is 16.0. The quantitative estimate of drug-likeness (QED) is 0.433. The fraction of sp³-hybridized carbons (Fsp3) is 0.167. The van der Waals surface area contributed by atoms with E-state index in [0.717, 1.165) is 11.1 Å². The topological polar surface area (TPSA) is 86.7 Å². The minimum atomic E-state index is -1.11. The summed E-state index contributed by atoms with van der Waals surface area (Å²) >= 11 is 6.46. The van der Waals surface area contributed by atoms with Crippen LogP contribution in [0.25, 0.3) is 6.08 Å². The van der Waals surface area contributed by atoms with Crippen molar-refractivity contribution in [2.45, 2.75) is 18.9 Å². The molecule has 164 valence electrons. The maximum absolute atomic E-state index is 12.6. The predicted octanol–water partition coefficient (Wildman–Crippen LogP) is 3.65. The number of nitrogens with zero attached hydrogens (tertiary/aromatic N) is 1. The molecule has 0 spiro atoms. The lowest BCUT2D eigenvalue weighted by Gasteiger charge is -2.17. The summed E-state index contributed by atoms with van der Waals surface area (Å²) in [4.78, 5) is 38.4. The Hall–Kier alpha value is -3.23. The van der Waals surface area contributed by atoms with E-state index in [4.69, 9.17) is 12.2 Å². The molecule has 8 heteroatoms. The zero-order chi connectivity index (χ0) is 22.9. The van der Waals surface area contributed by atoms with Crippen molar-refractivity contribution in [3.63, 3.8) is 0 Å². The SMILES string of the molecule is O=C(CCN1C(=O)C(=CC=Cc2ccccc2)SC1=S)NC(Cc1ccccc1)C(=O)O. The summed E-state index contributed by atoms with van der Waals surface area (Å²) in [6.07, 6.45) is 5.51. The molecule has 3 rings (SSSR count). The molecule has 1 fully saturated rings. The van der Waals surface area contributed by atoms with Crippen LogP contribution in [0.15, 0.2) is 77.7 Å². The van der Waals surface area contributed by atoms with Gasteiger partial charge in [0.15, 0.2) is 0 Å². The molecular formula is C24H22N2O4S2. The largest absolute Gasteiger partial charge is 0.480 e. The van der Waals surface area contributed by atoms with E-state index in [0.29, 0.717) is 9.23 Å². The lowest BCUT2D eigenvalue weighted by molar-refractivity contribution is -0.141. The summed E-state index contributed by atoms with van der Waals surface area (Å²) in [5, 5.41) is 12.0. The Bertz CT molecular complexity index is 1050. The van der Waals surface area contributed by atoms with Gasteiger partial charge in [0.25, 0.3) is 5.91 Å². The highest BCUT2D eigenvalue weighted by Gasteiger charge is 2.32. The van der Waals surface area contributed by atoms with Crippen LogP contribution in [0.4, 0.5) is 0 Å². The number of hydrogen-bond donors (Lipinski definition) is 2. The molecule has 0 bridgehead atoms. The van der Waals surface area contributed by atoms with Gasteiger partial charge < -0.3 is 10.4 Å². The number of carbonyl (C=O) groups excluding carboxylic acids is 2. The molecule has 1 aliphatic rings. The number of aliphatic carboxylic acids is 1. The van der Waals surface area contributed by atoms with Gasteiger partial charge in [0.05, 0.1) is 4.91 Å². The van der Waals surface area contributed by atoms with E-state index in [-0.39, 0.29) is 25.3 Å². The minimum Gasteiger partial charge on any atom is -0.480 e. The first-order valence-electron chi connectivity index (χ1n) is 9.97. The number of carboxylic acids is 1. The van der Waals surface area contributed by atoms with E-state index in [1.54, 1.807) is 24.3 Å². The second kappa shape index (κ2) is 11.4. The van der Waals surface area contributed by atoms with Gasteiger partial charge in [-0.25, -0.2) is 4.79 Å². The summed E-state index contributed by atoms with van der Waals surface area (Å²) in [5.41, 5.74) is 1.82. The van der Waals surface area contributed by atoms with Crippen LogP contribution in [0, 0.1) is 0 Å². The molecule has 2 aromatic carbocycles. The van der Waals surface area contributed by atoms with Crippen molar-refractivity contribution in [3.8, 4) is 0 Å². The Balaban J connectivity index is 1.54. The van der Waals surface area contributed by atoms with Crippen LogP contribution in [0.2, 0.25) is 0 Å². The second-order valence-corrected chi connectivity index (χ2v) is 8.70. The van der Waals surface area contributed by atoms with Gasteiger partial charge in [-0.2, -0.15) is 0 Å². The number of carboxylic acid groups (broad SMARTS) is 1. The van der Waals surface area contributed by atoms with Crippen LogP contribution in [0.3, 0.4) is 0 Å². The number of hydrogen-bond acceptors (Lipinski definition) is 5. The molecule has 1 heterocycles. The van der Waals surface area contributed by atoms with Crippen molar-refractivity contribution < 1.29 is 19.5 Å². The molecule has 32 heavy (non-hydrogen) atoms. The van der Waals surface area contributed by atoms with E-state index in [2.05, 4.69) is 5.32 Å². The fourth-order valence-corrected chi connectivity index (χ4v) is 4.31. The smallest absolute Gasteiger partial charge is 0.326 e. The zero-order valence-electron chi connectivity index (χ0n) is 17.1. The average Bonchev–Trinajstić information content (AvgIpc) is 3.05. The van der Waals surface area contributed by atoms with Gasteiger partial charge in [-0.15, -0.1) is 0 Å². The van der Waals surface area contributed by atoms with Gasteiger partial charge in [-0.1, -0.05) is 96.8 Å². The summed E-state index contributed by atoms with van der Waals surface area (Å²) in [5.74, 6) is -1.82. The molecule has 1 atom stereocenters. The highest BCUT2D eigenvalue weighted by molar-refractivity contribution is 8.26. The van der Waals surface area contributed by atoms with Gasteiger partial charge in [-0.3, -0.25) is 14.5 Å². The monoisotopic (exact) mass is 466 g/mol. The third-order valence-corrected chi connectivity index (χ3v) is 6.08. The lowest BCUT2D eigenvalue weighted by Crippen LogP contribution is -2.43. The first kappa shape index (κ1) is 23.4. The van der Waals surface area contributed by atoms with Crippen LogP contribution in [0.1, 0.15) is 17.5 Å². The molecule has 2 N–H and O–H groups in total. The van der Waals surface area contributed by atoms with Crippen molar-refractivity contribution >= 4 is 52.2 Å². The Morgan fingerprint density at radius 3 is 2.41 bits per heavy atom. The van der Waals surface area contributed by atoms with Crippen molar-refractivity contribution in [2.75, 3.05) is 6.54 Å². The molecule has 0 radical (unpaired) electrons. The summed E-state index contributed by atoms with van der Waals surface area (Å²) in [7, 11) is 0. The molecule has 2 aromatic rings. The molecule has 1 saturated heterocycles. The van der Waals surface area contributed by atoms with Crippen LogP contribution < -0.4 is 5.32 Å². The lowest BCUT2D eigenvalue weighted by atomic mass is 10.1. The van der Waals surface area contributed by atoms with E-state index in [1.807, 2.05) is 54.6 Å². The number of benzene rings is 2. The highest BCUT2D eigenvalue weighted by atomic mass is 32.2. The highest BCUT2D eigenvalue weighted by Crippen LogP contribution is 2.31. The molecule has 0 aromatic heterocycles. The first-order valence-corrected chi connectivity index (χ1v) is 11.2. The molecule has 6 nitrogen and oxygen atoms in total. The predicted molar refractivity (Wildman–Crippen MR) is 130 cm³/mol. The Labute approximate surface area is 196 Å². The third kappa shape index (κ3) is 6.63. The van der Waals surface area contributed by atoms with Gasteiger partial charge in [0.2, 0.25) is 5.91 Å². The van der Waals surface area contributed by atoms with Crippen molar-refractivity contribution in [3.05, 3.63) is 88.8 Å². The maximum atomic E-state index is 12.6. The van der Waals surface area contributed by atoms with E-state index < -0.39 is 17.9 Å². The minimum absolute atomic E-state index is 0.0435. The molecule has 1 unspecified atom stereocenters. The average molecular weight is 467 g/mol. The number of amides is 2. The molecule has 0 aliphatic carbocycles. The zero-order valence-corrected chi connectivity index (χ0v) is 18.8. The van der Waals surface area contributed by atoms with E-state index >= 15 is 0 Å². The van der Waals surface area contributed by atoms with Gasteiger partial charge >= 0.3 is 5.97 Å². The number of allylic oxidation sites excluding steroid dienone is 2. The number of thiocarbonyl (C=S) groups is 1. The second-order valence-electron chi connectivity index (χ2n) is 7.02. The fourth-order valence-electron chi connectivity index (χ4n) is 3.05. The van der Waals surface area contributed by atoms with Crippen LogP contribution in [-0.2, 0) is 20.8 Å². The molecule has 1 aliphatic heterocycles. The molecule has 0 saturated carbocycles. The Kier molecular flexibility index (Phi) is 8.35. The Morgan fingerprint density at radius 1 is 1.09 bits per heavy atom. The number of nitrogens with one attached hydrogen (secondary N) is 1. The third-order valence-electron chi connectivity index (χ3n) is 4.69. The van der Waals surface area contributed by atoms with Gasteiger partial charge in [-0.05, 0) is 17.2 Å². The van der Waals surface area contributed by atoms with Crippen LogP contribution in [0.5, 0.6) is 0 Å². The number of rotatable bonds is 9. The number of thioether (sulfide) groups is 1. The van der Waals surface area contributed by atoms with Crippen molar-refractivity contribution in [1.82, 2.24) is 10.2 Å². The Morgan fingerprint density at radius 2 is 1.75 bits per heavy atom. The standard InChI is InChI=1S/C24H22N2O4S2/c27-21(25-19(23(29)30)16-18-10-5-2-6-11-18)14-15-26-22(28)20(32-24(26)31)13-7-12-17-8-3-1-4-9-17/h1-13,19H,14-16H2,(H,25,27)(H,29,30). The summed E-state index contributed by atoms with van der Waals surface area (Å²) in [6.45, 7) is 0.0912.